The molecule has 0 spiro atoms. The second kappa shape index (κ2) is 4.15. The highest BCUT2D eigenvalue weighted by Gasteiger charge is 2.29. The molecule has 1 heterocycles. The molecule has 0 saturated heterocycles. The Balaban J connectivity index is 2.33. The Morgan fingerprint density at radius 3 is 2.75 bits per heavy atom. The maximum atomic E-state index is 11.2. The van der Waals surface area contributed by atoms with Gasteiger partial charge in [0.2, 0.25) is 0 Å². The number of hydrogen-bond acceptors (Lipinski definition) is 4. The molecule has 1 atom stereocenters. The first-order valence-corrected chi connectivity index (χ1v) is 5.04. The van der Waals surface area contributed by atoms with Crippen molar-refractivity contribution < 1.29 is 4.79 Å². The van der Waals surface area contributed by atoms with Crippen molar-refractivity contribution in [3.63, 3.8) is 0 Å². The number of benzene rings is 1. The maximum absolute atomic E-state index is 11.2. The predicted octanol–water partition coefficient (Wildman–Crippen LogP) is 1.73. The number of Topliss-reactive ketones (excluding diaryl/α,β-unsaturated/α-hetero) is 1. The van der Waals surface area contributed by atoms with Crippen molar-refractivity contribution >= 4 is 17.2 Å². The third-order valence-electron chi connectivity index (χ3n) is 2.49. The van der Waals surface area contributed by atoms with Gasteiger partial charge in [0.05, 0.1) is 11.8 Å². The number of carbonyl (C=O) groups excluding carboxylic acids is 1. The normalized spacial score (nSPS) is 19.1. The lowest BCUT2D eigenvalue weighted by Gasteiger charge is -2.17. The standard InChI is InChI=1S/C12H11N3O/c1-9(16)12-7-11(8-13)15(14-12)10-5-3-2-4-6-10/h2-6,11H,7H2,1H3. The lowest BCUT2D eigenvalue weighted by atomic mass is 10.1. The molecular weight excluding hydrogens is 202 g/mol. The maximum Gasteiger partial charge on any atom is 0.175 e. The Kier molecular flexibility index (Phi) is 2.69. The minimum absolute atomic E-state index is 0.0707. The van der Waals surface area contributed by atoms with Crippen LogP contribution in [0, 0.1) is 11.3 Å². The largest absolute Gasteiger partial charge is 0.293 e. The molecule has 0 bridgehead atoms. The fourth-order valence-electron chi connectivity index (χ4n) is 1.64. The van der Waals surface area contributed by atoms with Gasteiger partial charge in [-0.1, -0.05) is 18.2 Å². The highest BCUT2D eigenvalue weighted by atomic mass is 16.1. The average Bonchev–Trinajstić information content (AvgIpc) is 2.74. The van der Waals surface area contributed by atoms with E-state index in [2.05, 4.69) is 11.2 Å². The predicted molar refractivity (Wildman–Crippen MR) is 61.1 cm³/mol. The molecule has 0 N–H and O–H groups in total. The zero-order valence-corrected chi connectivity index (χ0v) is 8.92. The van der Waals surface area contributed by atoms with Gasteiger partial charge in [-0.25, -0.2) is 5.01 Å². The van der Waals surface area contributed by atoms with Gasteiger partial charge >= 0.3 is 0 Å². The number of nitrogens with zero attached hydrogens (tertiary/aromatic N) is 3. The lowest BCUT2D eigenvalue weighted by molar-refractivity contribution is -0.111. The van der Waals surface area contributed by atoms with Crippen LogP contribution in [0.2, 0.25) is 0 Å². The van der Waals surface area contributed by atoms with E-state index in [0.29, 0.717) is 12.1 Å². The molecular formula is C12H11N3O. The molecule has 1 aliphatic rings. The highest BCUT2D eigenvalue weighted by Crippen LogP contribution is 2.23. The summed E-state index contributed by atoms with van der Waals surface area (Å²) < 4.78 is 0. The zero-order valence-electron chi connectivity index (χ0n) is 8.92. The van der Waals surface area contributed by atoms with Crippen LogP contribution < -0.4 is 5.01 Å². The number of para-hydroxylation sites is 1. The molecule has 0 radical (unpaired) electrons. The molecule has 1 aromatic carbocycles. The van der Waals surface area contributed by atoms with Gasteiger partial charge in [0, 0.05) is 13.3 Å². The van der Waals surface area contributed by atoms with Crippen molar-refractivity contribution in [2.45, 2.75) is 19.4 Å². The first kappa shape index (κ1) is 10.4. The minimum Gasteiger partial charge on any atom is -0.293 e. The lowest BCUT2D eigenvalue weighted by Crippen LogP contribution is -2.24. The zero-order chi connectivity index (χ0) is 11.5. The van der Waals surface area contributed by atoms with Crippen molar-refractivity contribution in [2.24, 2.45) is 5.10 Å². The molecule has 1 unspecified atom stereocenters. The molecule has 0 aromatic heterocycles. The second-order valence-electron chi connectivity index (χ2n) is 3.63. The van der Waals surface area contributed by atoms with E-state index in [1.807, 2.05) is 30.3 Å². The van der Waals surface area contributed by atoms with Gasteiger partial charge in [-0.3, -0.25) is 4.79 Å². The number of hydrazone groups is 1. The number of nitriles is 1. The first-order chi connectivity index (χ1) is 7.72. The van der Waals surface area contributed by atoms with Crippen molar-refractivity contribution in [2.75, 3.05) is 5.01 Å². The summed E-state index contributed by atoms with van der Waals surface area (Å²) in [5.41, 5.74) is 1.31. The molecule has 0 saturated carbocycles. The van der Waals surface area contributed by atoms with Crippen LogP contribution in [-0.4, -0.2) is 17.5 Å². The van der Waals surface area contributed by atoms with E-state index in [0.717, 1.165) is 5.69 Å². The third-order valence-corrected chi connectivity index (χ3v) is 2.49. The summed E-state index contributed by atoms with van der Waals surface area (Å²) in [6.45, 7) is 1.47. The molecule has 0 aliphatic carbocycles. The third kappa shape index (κ3) is 1.80. The molecule has 0 fully saturated rings. The summed E-state index contributed by atoms with van der Waals surface area (Å²) in [4.78, 5) is 11.2. The molecule has 4 heteroatoms. The van der Waals surface area contributed by atoms with Gasteiger partial charge in [0.15, 0.2) is 5.78 Å². The van der Waals surface area contributed by atoms with Gasteiger partial charge < -0.3 is 0 Å². The Bertz CT molecular complexity index is 473. The van der Waals surface area contributed by atoms with E-state index in [1.54, 1.807) is 5.01 Å². The van der Waals surface area contributed by atoms with Crippen LogP contribution in [0.1, 0.15) is 13.3 Å². The van der Waals surface area contributed by atoms with Crippen molar-refractivity contribution in [3.05, 3.63) is 30.3 Å². The van der Waals surface area contributed by atoms with Crippen LogP contribution in [-0.2, 0) is 4.79 Å². The van der Waals surface area contributed by atoms with Crippen LogP contribution in [0.3, 0.4) is 0 Å². The van der Waals surface area contributed by atoms with E-state index in [9.17, 15) is 4.79 Å². The fraction of sp³-hybridized carbons (Fsp3) is 0.250. The van der Waals surface area contributed by atoms with Crippen LogP contribution in [0.4, 0.5) is 5.69 Å². The first-order valence-electron chi connectivity index (χ1n) is 5.04. The summed E-state index contributed by atoms with van der Waals surface area (Å²) in [6.07, 6.45) is 0.403. The summed E-state index contributed by atoms with van der Waals surface area (Å²) in [5.74, 6) is -0.0707. The van der Waals surface area contributed by atoms with Crippen LogP contribution in [0.25, 0.3) is 0 Å². The molecule has 4 nitrogen and oxygen atoms in total. The minimum atomic E-state index is -0.374. The molecule has 2 rings (SSSR count). The average molecular weight is 213 g/mol. The number of rotatable bonds is 2. The summed E-state index contributed by atoms with van der Waals surface area (Å²) in [7, 11) is 0. The van der Waals surface area contributed by atoms with Gasteiger partial charge in [-0.05, 0) is 12.1 Å². The van der Waals surface area contributed by atoms with E-state index in [1.165, 1.54) is 6.92 Å². The molecule has 1 aromatic rings. The number of hydrogen-bond donors (Lipinski definition) is 0. The van der Waals surface area contributed by atoms with Gasteiger partial charge in [0.25, 0.3) is 0 Å². The van der Waals surface area contributed by atoms with Gasteiger partial charge in [-0.15, -0.1) is 0 Å². The van der Waals surface area contributed by atoms with Gasteiger partial charge in [0.1, 0.15) is 11.8 Å². The Morgan fingerprint density at radius 2 is 2.19 bits per heavy atom. The van der Waals surface area contributed by atoms with E-state index >= 15 is 0 Å². The number of carbonyl (C=O) groups is 1. The van der Waals surface area contributed by atoms with E-state index < -0.39 is 0 Å². The number of anilines is 1. The van der Waals surface area contributed by atoms with E-state index in [-0.39, 0.29) is 11.8 Å². The Labute approximate surface area is 93.8 Å². The van der Waals surface area contributed by atoms with Crippen molar-refractivity contribution in [1.82, 2.24) is 0 Å². The van der Waals surface area contributed by atoms with Crippen LogP contribution >= 0.6 is 0 Å². The topological polar surface area (TPSA) is 56.5 Å². The monoisotopic (exact) mass is 213 g/mol. The fourth-order valence-corrected chi connectivity index (χ4v) is 1.64. The summed E-state index contributed by atoms with van der Waals surface area (Å²) in [5, 5.41) is 14.8. The Hall–Kier alpha value is -2.15. The second-order valence-corrected chi connectivity index (χ2v) is 3.63. The van der Waals surface area contributed by atoms with Gasteiger partial charge in [-0.2, -0.15) is 10.4 Å². The van der Waals surface area contributed by atoms with Crippen LogP contribution in [0.15, 0.2) is 35.4 Å². The summed E-state index contributed by atoms with van der Waals surface area (Å²) >= 11 is 0. The molecule has 1 aliphatic heterocycles. The van der Waals surface area contributed by atoms with Crippen molar-refractivity contribution in [3.8, 4) is 6.07 Å². The summed E-state index contributed by atoms with van der Waals surface area (Å²) in [6, 6.07) is 11.2. The van der Waals surface area contributed by atoms with Crippen molar-refractivity contribution in [1.29, 1.82) is 5.26 Å². The Morgan fingerprint density at radius 1 is 1.50 bits per heavy atom. The molecule has 0 amide bonds. The molecule has 80 valence electrons. The SMILES string of the molecule is CC(=O)C1=NN(c2ccccc2)C(C#N)C1. The quantitative estimate of drug-likeness (QED) is 0.751. The molecule has 16 heavy (non-hydrogen) atoms. The number of ketones is 1. The highest BCUT2D eigenvalue weighted by molar-refractivity contribution is 6.39. The van der Waals surface area contributed by atoms with E-state index in [4.69, 9.17) is 5.26 Å². The van der Waals surface area contributed by atoms with Crippen LogP contribution in [0.5, 0.6) is 0 Å². The smallest absolute Gasteiger partial charge is 0.175 e.